The largest absolute Gasteiger partial charge is 0.497 e. The van der Waals surface area contributed by atoms with Gasteiger partial charge in [0.15, 0.2) is 5.82 Å². The van der Waals surface area contributed by atoms with E-state index in [-0.39, 0.29) is 5.28 Å². The van der Waals surface area contributed by atoms with Gasteiger partial charge in [-0.25, -0.2) is 0 Å². The molecular formula is C13H15ClN4O2. The number of halogens is 1. The van der Waals surface area contributed by atoms with Crippen LogP contribution in [0.1, 0.15) is 0 Å². The predicted octanol–water partition coefficient (Wildman–Crippen LogP) is 2.28. The van der Waals surface area contributed by atoms with Crippen molar-refractivity contribution in [2.24, 2.45) is 0 Å². The number of hydrogen-bond donors (Lipinski definition) is 0. The number of nitrogens with zero attached hydrogens (tertiary/aromatic N) is 4. The molecule has 0 amide bonds. The predicted molar refractivity (Wildman–Crippen MR) is 77.7 cm³/mol. The van der Waals surface area contributed by atoms with Gasteiger partial charge in [0.05, 0.1) is 19.8 Å². The molecule has 2 aromatic rings. The van der Waals surface area contributed by atoms with Gasteiger partial charge in [-0.1, -0.05) is 0 Å². The molecule has 0 fully saturated rings. The van der Waals surface area contributed by atoms with Crippen LogP contribution in [0.4, 0.5) is 5.95 Å². The zero-order chi connectivity index (χ0) is 14.7. The first-order chi connectivity index (χ1) is 9.55. The molecule has 1 aromatic heterocycles. The molecule has 0 radical (unpaired) electrons. The number of rotatable bonds is 4. The van der Waals surface area contributed by atoms with Crippen LogP contribution in [0.3, 0.4) is 0 Å². The van der Waals surface area contributed by atoms with Gasteiger partial charge in [-0.15, -0.1) is 0 Å². The minimum Gasteiger partial charge on any atom is -0.497 e. The molecule has 0 aliphatic heterocycles. The smallest absolute Gasteiger partial charge is 0.229 e. The lowest BCUT2D eigenvalue weighted by molar-refractivity contribution is 0.395. The molecule has 0 bridgehead atoms. The Hall–Kier alpha value is -2.08. The Morgan fingerprint density at radius 3 is 2.40 bits per heavy atom. The number of hydrogen-bond acceptors (Lipinski definition) is 6. The first-order valence-electron chi connectivity index (χ1n) is 5.86. The lowest BCUT2D eigenvalue weighted by Gasteiger charge is -2.13. The van der Waals surface area contributed by atoms with Crippen molar-refractivity contribution in [3.8, 4) is 22.9 Å². The SMILES string of the molecule is COc1ccc(-c2nc(Cl)nc(N(C)C)n2)c(OC)c1. The van der Waals surface area contributed by atoms with E-state index in [1.807, 2.05) is 26.2 Å². The standard InChI is InChI=1S/C13H15ClN4O2/c1-18(2)13-16-11(15-12(14)17-13)9-6-5-8(19-3)7-10(9)20-4/h5-7H,1-4H3. The highest BCUT2D eigenvalue weighted by atomic mass is 35.5. The van der Waals surface area contributed by atoms with Crippen LogP contribution < -0.4 is 14.4 Å². The van der Waals surface area contributed by atoms with Crippen LogP contribution in [-0.4, -0.2) is 43.3 Å². The van der Waals surface area contributed by atoms with E-state index in [2.05, 4.69) is 15.0 Å². The number of aromatic nitrogens is 3. The first kappa shape index (κ1) is 14.3. The van der Waals surface area contributed by atoms with E-state index < -0.39 is 0 Å². The minimum atomic E-state index is 0.136. The molecule has 0 spiro atoms. The summed E-state index contributed by atoms with van der Waals surface area (Å²) >= 11 is 5.94. The summed E-state index contributed by atoms with van der Waals surface area (Å²) in [5, 5.41) is 0.136. The van der Waals surface area contributed by atoms with Crippen LogP contribution in [0.25, 0.3) is 11.4 Å². The highest BCUT2D eigenvalue weighted by Gasteiger charge is 2.13. The van der Waals surface area contributed by atoms with E-state index >= 15 is 0 Å². The second kappa shape index (κ2) is 5.92. The quantitative estimate of drug-likeness (QED) is 0.862. The number of anilines is 1. The third-order valence-electron chi connectivity index (χ3n) is 2.65. The van der Waals surface area contributed by atoms with Crippen molar-refractivity contribution in [1.82, 2.24) is 15.0 Å². The Morgan fingerprint density at radius 1 is 1.05 bits per heavy atom. The average Bonchev–Trinajstić information content (AvgIpc) is 2.45. The Kier molecular flexibility index (Phi) is 4.24. The molecule has 1 aromatic carbocycles. The van der Waals surface area contributed by atoms with Crippen molar-refractivity contribution < 1.29 is 9.47 Å². The van der Waals surface area contributed by atoms with Gasteiger partial charge >= 0.3 is 0 Å². The first-order valence-corrected chi connectivity index (χ1v) is 6.24. The maximum absolute atomic E-state index is 5.94. The molecule has 0 aliphatic carbocycles. The van der Waals surface area contributed by atoms with Crippen LogP contribution in [0, 0.1) is 0 Å². The van der Waals surface area contributed by atoms with Crippen molar-refractivity contribution in [3.63, 3.8) is 0 Å². The van der Waals surface area contributed by atoms with Gasteiger partial charge < -0.3 is 14.4 Å². The van der Waals surface area contributed by atoms with Crippen LogP contribution in [0.15, 0.2) is 18.2 Å². The molecule has 0 aliphatic rings. The molecule has 1 heterocycles. The van der Waals surface area contributed by atoms with Crippen molar-refractivity contribution in [2.45, 2.75) is 0 Å². The van der Waals surface area contributed by atoms with Gasteiger partial charge in [0.1, 0.15) is 11.5 Å². The second-order valence-electron chi connectivity index (χ2n) is 4.19. The summed E-state index contributed by atoms with van der Waals surface area (Å²) in [6.07, 6.45) is 0. The maximum atomic E-state index is 5.94. The van der Waals surface area contributed by atoms with Crippen molar-refractivity contribution in [2.75, 3.05) is 33.2 Å². The van der Waals surface area contributed by atoms with E-state index in [0.717, 1.165) is 5.56 Å². The van der Waals surface area contributed by atoms with Gasteiger partial charge in [0.25, 0.3) is 0 Å². The molecule has 0 N–H and O–H groups in total. The fourth-order valence-electron chi connectivity index (χ4n) is 1.64. The van der Waals surface area contributed by atoms with E-state index in [1.165, 1.54) is 0 Å². The summed E-state index contributed by atoms with van der Waals surface area (Å²) in [4.78, 5) is 14.3. The molecule has 0 saturated carbocycles. The Morgan fingerprint density at radius 2 is 1.80 bits per heavy atom. The lowest BCUT2D eigenvalue weighted by Crippen LogP contribution is -2.14. The van der Waals surface area contributed by atoms with Crippen molar-refractivity contribution >= 4 is 17.5 Å². The zero-order valence-electron chi connectivity index (χ0n) is 11.7. The summed E-state index contributed by atoms with van der Waals surface area (Å²) in [5.74, 6) is 2.24. The molecule has 0 atom stereocenters. The molecule has 7 heteroatoms. The Labute approximate surface area is 122 Å². The summed E-state index contributed by atoms with van der Waals surface area (Å²) in [6, 6.07) is 5.40. The minimum absolute atomic E-state index is 0.136. The maximum Gasteiger partial charge on any atom is 0.229 e. The fourth-order valence-corrected chi connectivity index (χ4v) is 1.80. The van der Waals surface area contributed by atoms with Gasteiger partial charge in [0.2, 0.25) is 11.2 Å². The molecule has 0 unspecified atom stereocenters. The Balaban J connectivity index is 2.56. The van der Waals surface area contributed by atoms with Gasteiger partial charge in [-0.2, -0.15) is 15.0 Å². The molecular weight excluding hydrogens is 280 g/mol. The molecule has 6 nitrogen and oxygen atoms in total. The second-order valence-corrected chi connectivity index (χ2v) is 4.53. The van der Waals surface area contributed by atoms with E-state index in [0.29, 0.717) is 23.3 Å². The lowest BCUT2D eigenvalue weighted by atomic mass is 10.2. The normalized spacial score (nSPS) is 10.2. The third kappa shape index (κ3) is 2.91. The topological polar surface area (TPSA) is 60.4 Å². The fraction of sp³-hybridized carbons (Fsp3) is 0.308. The van der Waals surface area contributed by atoms with Gasteiger partial charge in [-0.05, 0) is 23.7 Å². The van der Waals surface area contributed by atoms with Crippen LogP contribution in [-0.2, 0) is 0 Å². The number of benzene rings is 1. The number of methoxy groups -OCH3 is 2. The highest BCUT2D eigenvalue weighted by molar-refractivity contribution is 6.28. The molecule has 2 rings (SSSR count). The van der Waals surface area contributed by atoms with E-state index in [9.17, 15) is 0 Å². The molecule has 106 valence electrons. The van der Waals surface area contributed by atoms with Crippen molar-refractivity contribution in [1.29, 1.82) is 0 Å². The van der Waals surface area contributed by atoms with Gasteiger partial charge in [0, 0.05) is 20.2 Å². The summed E-state index contributed by atoms with van der Waals surface area (Å²) in [5.41, 5.74) is 0.723. The zero-order valence-corrected chi connectivity index (χ0v) is 12.5. The monoisotopic (exact) mass is 294 g/mol. The van der Waals surface area contributed by atoms with Crippen LogP contribution in [0.5, 0.6) is 11.5 Å². The van der Waals surface area contributed by atoms with Gasteiger partial charge in [-0.3, -0.25) is 0 Å². The average molecular weight is 295 g/mol. The summed E-state index contributed by atoms with van der Waals surface area (Å²) < 4.78 is 10.5. The van der Waals surface area contributed by atoms with Crippen LogP contribution >= 0.6 is 11.6 Å². The van der Waals surface area contributed by atoms with Crippen molar-refractivity contribution in [3.05, 3.63) is 23.5 Å². The molecule has 0 saturated heterocycles. The summed E-state index contributed by atoms with van der Waals surface area (Å²) in [6.45, 7) is 0. The highest BCUT2D eigenvalue weighted by Crippen LogP contribution is 2.32. The Bertz CT molecular complexity index is 619. The molecule has 20 heavy (non-hydrogen) atoms. The van der Waals surface area contributed by atoms with E-state index in [1.54, 1.807) is 25.2 Å². The third-order valence-corrected chi connectivity index (χ3v) is 2.81. The summed E-state index contributed by atoms with van der Waals surface area (Å²) in [7, 11) is 6.84. The van der Waals surface area contributed by atoms with E-state index in [4.69, 9.17) is 21.1 Å². The number of ether oxygens (including phenoxy) is 2. The van der Waals surface area contributed by atoms with Crippen LogP contribution in [0.2, 0.25) is 5.28 Å².